The predicted molar refractivity (Wildman–Crippen MR) is 96.7 cm³/mol. The van der Waals surface area contributed by atoms with Gasteiger partial charge < -0.3 is 11.1 Å². The zero-order valence-electron chi connectivity index (χ0n) is 13.5. The van der Waals surface area contributed by atoms with Gasteiger partial charge in [0.2, 0.25) is 0 Å². The van der Waals surface area contributed by atoms with Gasteiger partial charge >= 0.3 is 6.18 Å². The van der Waals surface area contributed by atoms with Crippen LogP contribution in [0.4, 0.5) is 13.2 Å². The fraction of sp³-hybridized carbons (Fsp3) is 0.263. The molecule has 0 aliphatic rings. The average Bonchev–Trinajstić information content (AvgIpc) is 3.01. The van der Waals surface area contributed by atoms with Crippen LogP contribution >= 0.6 is 11.3 Å². The summed E-state index contributed by atoms with van der Waals surface area (Å²) in [5.74, 6) is 0. The monoisotopic (exact) mass is 364 g/mol. The van der Waals surface area contributed by atoms with Crippen molar-refractivity contribution >= 4 is 21.4 Å². The van der Waals surface area contributed by atoms with Gasteiger partial charge in [0.1, 0.15) is 0 Å². The Morgan fingerprint density at radius 1 is 1.04 bits per heavy atom. The van der Waals surface area contributed by atoms with Crippen LogP contribution in [0.3, 0.4) is 0 Å². The highest BCUT2D eigenvalue weighted by molar-refractivity contribution is 7.17. The zero-order valence-corrected chi connectivity index (χ0v) is 14.3. The Morgan fingerprint density at radius 3 is 2.44 bits per heavy atom. The van der Waals surface area contributed by atoms with Crippen LogP contribution in [0.2, 0.25) is 0 Å². The number of hydrogen-bond acceptors (Lipinski definition) is 3. The summed E-state index contributed by atoms with van der Waals surface area (Å²) >= 11 is 1.71. The molecule has 0 amide bonds. The Hall–Kier alpha value is -1.89. The van der Waals surface area contributed by atoms with E-state index in [9.17, 15) is 13.2 Å². The maximum Gasteiger partial charge on any atom is 0.416 e. The van der Waals surface area contributed by atoms with E-state index in [4.69, 9.17) is 5.73 Å². The zero-order chi connectivity index (χ0) is 17.9. The molecule has 6 heteroatoms. The lowest BCUT2D eigenvalue weighted by Crippen LogP contribution is -2.37. The van der Waals surface area contributed by atoms with Gasteiger partial charge in [-0.05, 0) is 46.5 Å². The maximum atomic E-state index is 12.6. The van der Waals surface area contributed by atoms with E-state index in [1.165, 1.54) is 27.8 Å². The van der Waals surface area contributed by atoms with Crippen LogP contribution in [-0.4, -0.2) is 12.6 Å². The molecule has 1 unspecified atom stereocenters. The third-order valence-corrected chi connectivity index (χ3v) is 5.20. The van der Waals surface area contributed by atoms with Crippen LogP contribution in [-0.2, 0) is 19.1 Å². The summed E-state index contributed by atoms with van der Waals surface area (Å²) < 4.78 is 39.0. The first-order valence-corrected chi connectivity index (χ1v) is 8.90. The van der Waals surface area contributed by atoms with Crippen LogP contribution in [0.25, 0.3) is 10.1 Å². The van der Waals surface area contributed by atoms with E-state index in [2.05, 4.69) is 22.8 Å². The number of nitrogens with two attached hydrogens (primary N) is 1. The number of alkyl halides is 3. The van der Waals surface area contributed by atoms with E-state index in [1.54, 1.807) is 11.3 Å². The van der Waals surface area contributed by atoms with Gasteiger partial charge in [0, 0.05) is 23.8 Å². The fourth-order valence-electron chi connectivity index (χ4n) is 2.77. The quantitative estimate of drug-likeness (QED) is 0.672. The van der Waals surface area contributed by atoms with Gasteiger partial charge in [-0.25, -0.2) is 0 Å². The van der Waals surface area contributed by atoms with E-state index in [0.29, 0.717) is 13.1 Å². The van der Waals surface area contributed by atoms with Crippen LogP contribution in [0.15, 0.2) is 53.9 Å². The van der Waals surface area contributed by atoms with E-state index in [0.717, 1.165) is 24.1 Å². The average molecular weight is 364 g/mol. The summed E-state index contributed by atoms with van der Waals surface area (Å²) in [5.41, 5.74) is 7.30. The van der Waals surface area contributed by atoms with E-state index < -0.39 is 11.7 Å². The first-order valence-electron chi connectivity index (χ1n) is 8.02. The van der Waals surface area contributed by atoms with Gasteiger partial charge in [-0.2, -0.15) is 13.2 Å². The predicted octanol–water partition coefficient (Wildman–Crippen LogP) is 4.58. The highest BCUT2D eigenvalue weighted by atomic mass is 32.1. The second-order valence-electron chi connectivity index (χ2n) is 5.97. The molecule has 0 fully saturated rings. The largest absolute Gasteiger partial charge is 0.416 e. The summed E-state index contributed by atoms with van der Waals surface area (Å²) in [7, 11) is 0. The molecular formula is C19H19F3N2S. The molecule has 1 atom stereocenters. The number of nitrogens with one attached hydrogen (secondary N) is 1. The molecule has 0 aliphatic carbocycles. The van der Waals surface area contributed by atoms with E-state index >= 15 is 0 Å². The molecule has 1 aromatic heterocycles. The van der Waals surface area contributed by atoms with Gasteiger partial charge in [0.05, 0.1) is 5.56 Å². The normalized spacial score (nSPS) is 13.3. The number of benzene rings is 2. The second kappa shape index (κ2) is 7.56. The van der Waals surface area contributed by atoms with Gasteiger partial charge in [-0.15, -0.1) is 11.3 Å². The van der Waals surface area contributed by atoms with Gasteiger partial charge in [-0.3, -0.25) is 0 Å². The summed E-state index contributed by atoms with van der Waals surface area (Å²) in [4.78, 5) is 0. The Balaban J connectivity index is 1.63. The lowest BCUT2D eigenvalue weighted by atomic mass is 10.0. The van der Waals surface area contributed by atoms with Crippen molar-refractivity contribution in [2.75, 3.05) is 6.54 Å². The van der Waals surface area contributed by atoms with Crippen molar-refractivity contribution in [3.05, 3.63) is 70.6 Å². The Labute approximate surface area is 148 Å². The highest BCUT2D eigenvalue weighted by Crippen LogP contribution is 2.29. The van der Waals surface area contributed by atoms with Crippen LogP contribution in [0.5, 0.6) is 0 Å². The maximum absolute atomic E-state index is 12.6. The molecular weight excluding hydrogens is 345 g/mol. The standard InChI is InChI=1S/C19H19F3N2S/c20-19(21,22)15-7-5-13(6-8-15)11-24-16(10-23)9-14-12-25-18-4-2-1-3-17(14)18/h1-8,12,16,24H,9-11,23H2. The fourth-order valence-corrected chi connectivity index (χ4v) is 3.74. The van der Waals surface area contributed by atoms with Crippen molar-refractivity contribution in [1.29, 1.82) is 0 Å². The van der Waals surface area contributed by atoms with Crippen molar-refractivity contribution in [2.45, 2.75) is 25.2 Å². The van der Waals surface area contributed by atoms with Crippen molar-refractivity contribution in [3.63, 3.8) is 0 Å². The Morgan fingerprint density at radius 2 is 1.76 bits per heavy atom. The van der Waals surface area contributed by atoms with Crippen LogP contribution in [0.1, 0.15) is 16.7 Å². The van der Waals surface area contributed by atoms with Crippen molar-refractivity contribution in [1.82, 2.24) is 5.32 Å². The molecule has 0 spiro atoms. The molecule has 0 bridgehead atoms. The minimum absolute atomic E-state index is 0.0697. The summed E-state index contributed by atoms with van der Waals surface area (Å²) in [6.07, 6.45) is -3.51. The Kier molecular flexibility index (Phi) is 5.42. The molecule has 0 radical (unpaired) electrons. The third-order valence-electron chi connectivity index (χ3n) is 4.19. The lowest BCUT2D eigenvalue weighted by molar-refractivity contribution is -0.137. The molecule has 3 rings (SSSR count). The third kappa shape index (κ3) is 4.39. The topological polar surface area (TPSA) is 38.0 Å². The lowest BCUT2D eigenvalue weighted by Gasteiger charge is -2.17. The van der Waals surface area contributed by atoms with Crippen molar-refractivity contribution in [3.8, 4) is 0 Å². The molecule has 0 saturated carbocycles. The number of fused-ring (bicyclic) bond motifs is 1. The highest BCUT2D eigenvalue weighted by Gasteiger charge is 2.29. The number of hydrogen-bond donors (Lipinski definition) is 2. The molecule has 2 aromatic carbocycles. The molecule has 0 saturated heterocycles. The number of rotatable bonds is 6. The van der Waals surface area contributed by atoms with E-state index in [-0.39, 0.29) is 6.04 Å². The first kappa shape index (κ1) is 17.9. The van der Waals surface area contributed by atoms with Crippen LogP contribution < -0.4 is 11.1 Å². The summed E-state index contributed by atoms with van der Waals surface area (Å²) in [5, 5.41) is 6.73. The van der Waals surface area contributed by atoms with Gasteiger partial charge in [0.25, 0.3) is 0 Å². The summed E-state index contributed by atoms with van der Waals surface area (Å²) in [6.45, 7) is 0.951. The van der Waals surface area contributed by atoms with Crippen LogP contribution in [0, 0.1) is 0 Å². The second-order valence-corrected chi connectivity index (χ2v) is 6.88. The van der Waals surface area contributed by atoms with E-state index in [1.807, 2.05) is 12.1 Å². The molecule has 2 nitrogen and oxygen atoms in total. The Bertz CT molecular complexity index is 825. The molecule has 132 valence electrons. The van der Waals surface area contributed by atoms with Crippen molar-refractivity contribution < 1.29 is 13.2 Å². The molecule has 0 aliphatic heterocycles. The minimum atomic E-state index is -4.30. The van der Waals surface area contributed by atoms with Gasteiger partial charge in [-0.1, -0.05) is 30.3 Å². The minimum Gasteiger partial charge on any atom is -0.329 e. The molecule has 3 N–H and O–H groups in total. The molecule has 25 heavy (non-hydrogen) atoms. The smallest absolute Gasteiger partial charge is 0.329 e. The van der Waals surface area contributed by atoms with Crippen molar-refractivity contribution in [2.24, 2.45) is 5.73 Å². The number of halogens is 3. The molecule has 1 heterocycles. The number of thiophene rings is 1. The summed E-state index contributed by atoms with van der Waals surface area (Å²) in [6, 6.07) is 13.5. The SMILES string of the molecule is NCC(Cc1csc2ccccc12)NCc1ccc(C(F)(F)F)cc1. The van der Waals surface area contributed by atoms with Gasteiger partial charge in [0.15, 0.2) is 0 Å². The molecule has 3 aromatic rings. The first-order chi connectivity index (χ1) is 12.0.